The first-order valence-electron chi connectivity index (χ1n) is 10.6. The first kappa shape index (κ1) is 23.9. The maximum atomic E-state index is 12.6. The van der Waals surface area contributed by atoms with Crippen molar-refractivity contribution in [2.24, 2.45) is 5.92 Å². The predicted molar refractivity (Wildman–Crippen MR) is 122 cm³/mol. The quantitative estimate of drug-likeness (QED) is 0.302. The normalized spacial score (nSPS) is 18.8. The molecule has 0 aromatic heterocycles. The molecule has 30 heavy (non-hydrogen) atoms. The molecule has 1 saturated heterocycles. The summed E-state index contributed by atoms with van der Waals surface area (Å²) < 4.78 is 11.2. The van der Waals surface area contributed by atoms with Crippen molar-refractivity contribution < 1.29 is 18.8 Å². The molecular formula is C24H35NO4Si. The number of hydrogen-bond acceptors (Lipinski definition) is 4. The third-order valence-corrected chi connectivity index (χ3v) is 10.2. The Kier molecular flexibility index (Phi) is 8.07. The van der Waals surface area contributed by atoms with Gasteiger partial charge < -0.3 is 9.16 Å². The summed E-state index contributed by atoms with van der Waals surface area (Å²) in [6.07, 6.45) is 7.84. The van der Waals surface area contributed by atoms with Crippen LogP contribution in [0, 0.1) is 5.92 Å². The number of ether oxygens (including phenoxy) is 1. The highest BCUT2D eigenvalue weighted by Crippen LogP contribution is 2.36. The maximum absolute atomic E-state index is 12.6. The van der Waals surface area contributed by atoms with E-state index in [-0.39, 0.29) is 29.5 Å². The van der Waals surface area contributed by atoms with E-state index < -0.39 is 14.4 Å². The summed E-state index contributed by atoms with van der Waals surface area (Å²) in [6, 6.07) is 9.54. The van der Waals surface area contributed by atoms with Gasteiger partial charge in [0.05, 0.1) is 12.3 Å². The van der Waals surface area contributed by atoms with E-state index in [2.05, 4.69) is 40.8 Å². The summed E-state index contributed by atoms with van der Waals surface area (Å²) in [5.74, 6) is -0.100. The van der Waals surface area contributed by atoms with Crippen LogP contribution < -0.4 is 0 Å². The van der Waals surface area contributed by atoms with Crippen LogP contribution >= 0.6 is 0 Å². The second-order valence-corrected chi connectivity index (χ2v) is 14.2. The van der Waals surface area contributed by atoms with Crippen molar-refractivity contribution in [3.05, 3.63) is 60.4 Å². The van der Waals surface area contributed by atoms with Crippen LogP contribution in [0.3, 0.4) is 0 Å². The molecule has 6 heteroatoms. The summed E-state index contributed by atoms with van der Waals surface area (Å²) in [7, 11) is -1.80. The van der Waals surface area contributed by atoms with Gasteiger partial charge in [0, 0.05) is 0 Å². The molecule has 1 aliphatic heterocycles. The topological polar surface area (TPSA) is 55.8 Å². The molecule has 0 spiro atoms. The number of allylic oxidation sites excluding steroid dienone is 2. The molecule has 0 aliphatic carbocycles. The Balaban J connectivity index is 1.88. The highest BCUT2D eigenvalue weighted by atomic mass is 28.4. The monoisotopic (exact) mass is 429 g/mol. The van der Waals surface area contributed by atoms with Gasteiger partial charge >= 0.3 is 6.09 Å². The van der Waals surface area contributed by atoms with E-state index in [4.69, 9.17) is 9.16 Å². The number of hydrogen-bond donors (Lipinski definition) is 0. The van der Waals surface area contributed by atoms with Crippen molar-refractivity contribution in [3.63, 3.8) is 0 Å². The number of carbonyl (C=O) groups is 2. The lowest BCUT2D eigenvalue weighted by Crippen LogP contribution is -2.39. The van der Waals surface area contributed by atoms with Gasteiger partial charge in [-0.3, -0.25) is 4.79 Å². The molecule has 2 rings (SSSR count). The zero-order valence-electron chi connectivity index (χ0n) is 19.1. The number of cyclic esters (lactones) is 1. The smallest absolute Gasteiger partial charge is 0.417 e. The molecule has 0 N–H and O–H groups in total. The van der Waals surface area contributed by atoms with Crippen LogP contribution in [0.1, 0.15) is 39.7 Å². The van der Waals surface area contributed by atoms with Crippen LogP contribution in [0.4, 0.5) is 4.79 Å². The summed E-state index contributed by atoms with van der Waals surface area (Å²) in [6.45, 7) is 13.3. The number of nitrogens with zero attached hydrogens (tertiary/aromatic N) is 1. The van der Waals surface area contributed by atoms with E-state index >= 15 is 0 Å². The van der Waals surface area contributed by atoms with Gasteiger partial charge in [0.25, 0.3) is 5.91 Å². The lowest BCUT2D eigenvalue weighted by Gasteiger charge is -2.35. The molecule has 2 amide bonds. The minimum Gasteiger partial charge on any atom is -0.549 e. The Morgan fingerprint density at radius 3 is 2.60 bits per heavy atom. The molecule has 1 aromatic carbocycles. The van der Waals surface area contributed by atoms with Gasteiger partial charge in [-0.15, -0.1) is 0 Å². The summed E-state index contributed by atoms with van der Waals surface area (Å²) in [5.41, 5.74) is 1.07. The third kappa shape index (κ3) is 6.59. The van der Waals surface area contributed by atoms with Gasteiger partial charge in [-0.25, -0.2) is 9.69 Å². The zero-order chi connectivity index (χ0) is 22.4. The molecule has 1 aromatic rings. The van der Waals surface area contributed by atoms with Crippen LogP contribution in [-0.4, -0.2) is 37.9 Å². The first-order valence-corrected chi connectivity index (χ1v) is 13.5. The number of benzene rings is 1. The van der Waals surface area contributed by atoms with Gasteiger partial charge in [0.1, 0.15) is 6.61 Å². The van der Waals surface area contributed by atoms with Gasteiger partial charge in [0.2, 0.25) is 8.32 Å². The van der Waals surface area contributed by atoms with E-state index in [9.17, 15) is 9.59 Å². The standard InChI is InChI=1S/C24H35NO4Si/c1-19(15-16-29-30(5,6)24(2,3)4)11-10-14-22(26)25-21(18-28-23(25)27)17-20-12-8-7-9-13-20/h7-10,12-16,19,21H,11,17-18H2,1-6H3/b14-10+,16-15+/t19-,21-/m0/s1. The van der Waals surface area contributed by atoms with Gasteiger partial charge in [-0.2, -0.15) is 0 Å². The molecule has 2 atom stereocenters. The largest absolute Gasteiger partial charge is 0.549 e. The zero-order valence-corrected chi connectivity index (χ0v) is 20.1. The average Bonchev–Trinajstić information content (AvgIpc) is 3.01. The molecule has 1 heterocycles. The summed E-state index contributed by atoms with van der Waals surface area (Å²) in [5, 5.41) is 0.160. The Labute approximate surface area is 181 Å². The van der Waals surface area contributed by atoms with Crippen molar-refractivity contribution in [3.8, 4) is 0 Å². The van der Waals surface area contributed by atoms with Crippen molar-refractivity contribution in [1.82, 2.24) is 4.90 Å². The molecule has 164 valence electrons. The number of amides is 2. The number of imide groups is 1. The fourth-order valence-corrected chi connectivity index (χ4v) is 3.60. The van der Waals surface area contributed by atoms with Gasteiger partial charge in [-0.05, 0) is 54.6 Å². The molecule has 0 bridgehead atoms. The number of carbonyl (C=O) groups excluding carboxylic acids is 2. The van der Waals surface area contributed by atoms with Crippen molar-refractivity contribution in [2.75, 3.05) is 6.61 Å². The SMILES string of the molecule is C[C@H](/C=C/O[Si](C)(C)C(C)(C)C)C/C=C/C(=O)N1C(=O)OC[C@@H]1Cc1ccccc1. The van der Waals surface area contributed by atoms with E-state index in [1.165, 1.54) is 11.0 Å². The van der Waals surface area contributed by atoms with E-state index in [0.29, 0.717) is 12.8 Å². The van der Waals surface area contributed by atoms with E-state index in [1.54, 1.807) is 0 Å². The molecule has 1 aliphatic rings. The van der Waals surface area contributed by atoms with Crippen molar-refractivity contribution in [2.45, 2.75) is 64.7 Å². The minimum atomic E-state index is -1.80. The lowest BCUT2D eigenvalue weighted by atomic mass is 10.1. The Hall–Kier alpha value is -2.34. The Bertz CT molecular complexity index is 780. The van der Waals surface area contributed by atoms with Crippen LogP contribution in [0.25, 0.3) is 0 Å². The molecule has 5 nitrogen and oxygen atoms in total. The third-order valence-electron chi connectivity index (χ3n) is 5.86. The minimum absolute atomic E-state index is 0.160. The molecule has 1 fully saturated rings. The molecule has 0 unspecified atom stereocenters. The van der Waals surface area contributed by atoms with Gasteiger partial charge in [0.15, 0.2) is 0 Å². The highest BCUT2D eigenvalue weighted by molar-refractivity contribution is 6.74. The van der Waals surface area contributed by atoms with Gasteiger partial charge in [-0.1, -0.05) is 64.1 Å². The van der Waals surface area contributed by atoms with E-state index in [1.807, 2.05) is 48.7 Å². The molecule has 0 radical (unpaired) electrons. The van der Waals surface area contributed by atoms with Crippen LogP contribution in [0.2, 0.25) is 18.1 Å². The second-order valence-electron chi connectivity index (χ2n) is 9.45. The molecular weight excluding hydrogens is 394 g/mol. The summed E-state index contributed by atoms with van der Waals surface area (Å²) in [4.78, 5) is 25.9. The number of rotatable bonds is 8. The van der Waals surface area contributed by atoms with Crippen molar-refractivity contribution in [1.29, 1.82) is 0 Å². The van der Waals surface area contributed by atoms with E-state index in [0.717, 1.165) is 5.56 Å². The second kappa shape index (κ2) is 10.1. The molecule has 0 saturated carbocycles. The fraction of sp³-hybridized carbons (Fsp3) is 0.500. The van der Waals surface area contributed by atoms with Crippen molar-refractivity contribution >= 4 is 20.3 Å². The predicted octanol–water partition coefficient (Wildman–Crippen LogP) is 5.69. The Morgan fingerprint density at radius 2 is 1.97 bits per heavy atom. The fourth-order valence-electron chi connectivity index (χ4n) is 2.83. The average molecular weight is 430 g/mol. The maximum Gasteiger partial charge on any atom is 0.417 e. The van der Waals surface area contributed by atoms with Crippen LogP contribution in [0.5, 0.6) is 0 Å². The highest BCUT2D eigenvalue weighted by Gasteiger charge is 2.38. The summed E-state index contributed by atoms with van der Waals surface area (Å²) >= 11 is 0. The van der Waals surface area contributed by atoms with Crippen LogP contribution in [0.15, 0.2) is 54.8 Å². The van der Waals surface area contributed by atoms with Crippen LogP contribution in [-0.2, 0) is 20.4 Å². The lowest BCUT2D eigenvalue weighted by molar-refractivity contribution is -0.124. The first-order chi connectivity index (χ1) is 14.0. The Morgan fingerprint density at radius 1 is 1.30 bits per heavy atom.